The van der Waals surface area contributed by atoms with Gasteiger partial charge in [-0.2, -0.15) is 0 Å². The van der Waals surface area contributed by atoms with Gasteiger partial charge in [-0.25, -0.2) is 0 Å². The Kier molecular flexibility index (Phi) is 7.48. The van der Waals surface area contributed by atoms with E-state index in [9.17, 15) is 4.79 Å². The summed E-state index contributed by atoms with van der Waals surface area (Å²) in [6, 6.07) is 0.656. The maximum atomic E-state index is 12.1. The average molecular weight is 284 g/mol. The fraction of sp³-hybridized carbons (Fsp3) is 0.933. The van der Waals surface area contributed by atoms with Crippen molar-refractivity contribution in [3.63, 3.8) is 0 Å². The molecule has 1 heterocycles. The number of hydrogen-bond acceptors (Lipinski definition) is 4. The highest BCUT2D eigenvalue weighted by atomic mass is 16.2. The summed E-state index contributed by atoms with van der Waals surface area (Å²) in [6.45, 7) is 10.3. The number of carbonyl (C=O) groups excluding carboxylic acids is 1. The van der Waals surface area contributed by atoms with Gasteiger partial charge in [-0.05, 0) is 33.9 Å². The fourth-order valence-electron chi connectivity index (χ4n) is 2.55. The third kappa shape index (κ3) is 5.38. The molecule has 20 heavy (non-hydrogen) atoms. The van der Waals surface area contributed by atoms with Crippen molar-refractivity contribution in [1.82, 2.24) is 20.4 Å². The number of amides is 1. The highest BCUT2D eigenvalue weighted by Gasteiger charge is 2.23. The summed E-state index contributed by atoms with van der Waals surface area (Å²) in [5.41, 5.74) is 0. The summed E-state index contributed by atoms with van der Waals surface area (Å²) in [6.07, 6.45) is 1.98. The van der Waals surface area contributed by atoms with Crippen LogP contribution in [0.2, 0.25) is 0 Å². The quantitative estimate of drug-likeness (QED) is 0.715. The molecule has 0 radical (unpaired) electrons. The lowest BCUT2D eigenvalue weighted by Gasteiger charge is -2.38. The van der Waals surface area contributed by atoms with Gasteiger partial charge in [0.25, 0.3) is 0 Å². The third-order valence-corrected chi connectivity index (χ3v) is 4.37. The lowest BCUT2D eigenvalue weighted by molar-refractivity contribution is -0.123. The van der Waals surface area contributed by atoms with E-state index in [1.165, 1.54) is 0 Å². The molecule has 5 nitrogen and oxygen atoms in total. The lowest BCUT2D eigenvalue weighted by atomic mass is 10.1. The van der Waals surface area contributed by atoms with Crippen LogP contribution in [0.15, 0.2) is 0 Å². The van der Waals surface area contributed by atoms with Gasteiger partial charge in [0, 0.05) is 38.3 Å². The Bertz CT molecular complexity index is 294. The van der Waals surface area contributed by atoms with Crippen LogP contribution in [0.1, 0.15) is 33.6 Å². The minimum Gasteiger partial charge on any atom is -0.352 e. The zero-order valence-corrected chi connectivity index (χ0v) is 13.8. The van der Waals surface area contributed by atoms with E-state index < -0.39 is 0 Å². The first-order valence-corrected chi connectivity index (χ1v) is 7.90. The molecular weight excluding hydrogens is 252 g/mol. The molecule has 2 atom stereocenters. The van der Waals surface area contributed by atoms with Crippen LogP contribution in [-0.2, 0) is 4.79 Å². The van der Waals surface area contributed by atoms with Crippen molar-refractivity contribution < 1.29 is 4.79 Å². The fourth-order valence-corrected chi connectivity index (χ4v) is 2.55. The van der Waals surface area contributed by atoms with E-state index in [1.807, 2.05) is 6.92 Å². The maximum Gasteiger partial charge on any atom is 0.237 e. The Hall–Kier alpha value is -0.650. The highest BCUT2D eigenvalue weighted by Crippen LogP contribution is 2.05. The first-order chi connectivity index (χ1) is 9.47. The minimum atomic E-state index is -0.128. The van der Waals surface area contributed by atoms with Crippen LogP contribution >= 0.6 is 0 Å². The van der Waals surface area contributed by atoms with Crippen LogP contribution in [0.3, 0.4) is 0 Å². The monoisotopic (exact) mass is 284 g/mol. The molecule has 2 N–H and O–H groups in total. The smallest absolute Gasteiger partial charge is 0.237 e. The molecule has 1 aliphatic rings. The molecule has 0 bridgehead atoms. The van der Waals surface area contributed by atoms with Crippen molar-refractivity contribution in [3.8, 4) is 0 Å². The summed E-state index contributed by atoms with van der Waals surface area (Å²) in [5.74, 6) is 0.116. The molecule has 1 aliphatic heterocycles. The van der Waals surface area contributed by atoms with Crippen molar-refractivity contribution in [3.05, 3.63) is 0 Å². The second-order valence-corrected chi connectivity index (χ2v) is 6.05. The number of rotatable bonds is 7. The van der Waals surface area contributed by atoms with E-state index in [2.05, 4.69) is 48.4 Å². The Morgan fingerprint density at radius 3 is 2.50 bits per heavy atom. The van der Waals surface area contributed by atoms with Crippen LogP contribution in [0, 0.1) is 0 Å². The largest absolute Gasteiger partial charge is 0.352 e. The number of piperazine rings is 1. The molecule has 0 aliphatic carbocycles. The van der Waals surface area contributed by atoms with Crippen LogP contribution < -0.4 is 10.6 Å². The van der Waals surface area contributed by atoms with Gasteiger partial charge < -0.3 is 15.5 Å². The molecule has 0 aromatic carbocycles. The van der Waals surface area contributed by atoms with Crippen molar-refractivity contribution in [1.29, 1.82) is 0 Å². The predicted octanol–water partition coefficient (Wildman–Crippen LogP) is 0.515. The van der Waals surface area contributed by atoms with Gasteiger partial charge in [-0.3, -0.25) is 9.69 Å². The summed E-state index contributed by atoms with van der Waals surface area (Å²) in [7, 11) is 4.32. The summed E-state index contributed by atoms with van der Waals surface area (Å²) < 4.78 is 0. The van der Waals surface area contributed by atoms with Gasteiger partial charge in [-0.15, -0.1) is 0 Å². The standard InChI is InChI=1S/C15H32N4O/c1-6-13(7-2)17-15(20)12(3)16-10-14-11-18(4)8-9-19(14)5/h12-14,16H,6-11H2,1-5H3,(H,17,20). The first-order valence-electron chi connectivity index (χ1n) is 7.90. The molecular formula is C15H32N4O. The van der Waals surface area contributed by atoms with Crippen LogP contribution in [0.25, 0.3) is 0 Å². The van der Waals surface area contributed by atoms with Gasteiger partial charge in [0.1, 0.15) is 0 Å². The van der Waals surface area contributed by atoms with Gasteiger partial charge >= 0.3 is 0 Å². The second-order valence-electron chi connectivity index (χ2n) is 6.05. The molecule has 0 spiro atoms. The highest BCUT2D eigenvalue weighted by molar-refractivity contribution is 5.81. The van der Waals surface area contributed by atoms with Gasteiger partial charge in [0.05, 0.1) is 6.04 Å². The summed E-state index contributed by atoms with van der Waals surface area (Å²) in [4.78, 5) is 16.8. The van der Waals surface area contributed by atoms with E-state index in [0.29, 0.717) is 12.1 Å². The van der Waals surface area contributed by atoms with Crippen molar-refractivity contribution >= 4 is 5.91 Å². The van der Waals surface area contributed by atoms with Crippen LogP contribution in [-0.4, -0.2) is 74.1 Å². The molecule has 0 saturated carbocycles. The van der Waals surface area contributed by atoms with Crippen LogP contribution in [0.4, 0.5) is 0 Å². The Morgan fingerprint density at radius 1 is 1.25 bits per heavy atom. The second kappa shape index (κ2) is 8.60. The number of nitrogens with zero attached hydrogens (tertiary/aromatic N) is 2. The molecule has 1 rings (SSSR count). The number of carbonyl (C=O) groups is 1. The van der Waals surface area contributed by atoms with Gasteiger partial charge in [-0.1, -0.05) is 13.8 Å². The molecule has 1 saturated heterocycles. The summed E-state index contributed by atoms with van der Waals surface area (Å²) in [5, 5.41) is 6.47. The Morgan fingerprint density at radius 2 is 1.90 bits per heavy atom. The predicted molar refractivity (Wildman–Crippen MR) is 83.9 cm³/mol. The number of nitrogens with one attached hydrogen (secondary N) is 2. The van der Waals surface area contributed by atoms with Crippen molar-refractivity contribution in [2.75, 3.05) is 40.3 Å². The van der Waals surface area contributed by atoms with E-state index in [-0.39, 0.29) is 11.9 Å². The molecule has 1 amide bonds. The maximum absolute atomic E-state index is 12.1. The first kappa shape index (κ1) is 17.4. The lowest BCUT2D eigenvalue weighted by Crippen LogP contribution is -2.56. The van der Waals surface area contributed by atoms with Crippen molar-refractivity contribution in [2.24, 2.45) is 0 Å². The van der Waals surface area contributed by atoms with E-state index in [1.54, 1.807) is 0 Å². The third-order valence-electron chi connectivity index (χ3n) is 4.37. The zero-order valence-electron chi connectivity index (χ0n) is 13.8. The summed E-state index contributed by atoms with van der Waals surface area (Å²) >= 11 is 0. The molecule has 2 unspecified atom stereocenters. The molecule has 5 heteroatoms. The van der Waals surface area contributed by atoms with Gasteiger partial charge in [0.2, 0.25) is 5.91 Å². The van der Waals surface area contributed by atoms with Crippen LogP contribution in [0.5, 0.6) is 0 Å². The molecule has 0 aromatic heterocycles. The van der Waals surface area contributed by atoms with E-state index >= 15 is 0 Å². The minimum absolute atomic E-state index is 0.116. The van der Waals surface area contributed by atoms with E-state index in [4.69, 9.17) is 0 Å². The molecule has 1 fully saturated rings. The molecule has 0 aromatic rings. The zero-order chi connectivity index (χ0) is 15.1. The van der Waals surface area contributed by atoms with Crippen molar-refractivity contribution in [2.45, 2.75) is 51.7 Å². The Balaban J connectivity index is 2.34. The van der Waals surface area contributed by atoms with Gasteiger partial charge in [0.15, 0.2) is 0 Å². The van der Waals surface area contributed by atoms with E-state index in [0.717, 1.165) is 39.0 Å². The average Bonchev–Trinajstić information content (AvgIpc) is 2.44. The number of hydrogen-bond donors (Lipinski definition) is 2. The normalized spacial score (nSPS) is 23.0. The SMILES string of the molecule is CCC(CC)NC(=O)C(C)NCC1CN(C)CCN1C. The Labute approximate surface area is 124 Å². The number of likely N-dealkylation sites (N-methyl/N-ethyl adjacent to an activating group) is 2. The topological polar surface area (TPSA) is 47.6 Å². The molecule has 118 valence electrons.